The molecule has 21 heavy (non-hydrogen) atoms. The maximum atomic E-state index is 11.9. The number of carbonyl (C=O) groups is 1. The molecule has 0 unspecified atom stereocenters. The summed E-state index contributed by atoms with van der Waals surface area (Å²) in [5.41, 5.74) is 6.96. The molecule has 0 aliphatic rings. The molecule has 0 aromatic heterocycles. The molecule has 110 valence electrons. The van der Waals surface area contributed by atoms with E-state index in [0.717, 1.165) is 4.90 Å². The molecule has 0 spiro atoms. The number of hydrogen-bond acceptors (Lipinski definition) is 3. The van der Waals surface area contributed by atoms with Crippen LogP contribution in [-0.2, 0) is 4.79 Å². The van der Waals surface area contributed by atoms with Crippen LogP contribution in [0.2, 0.25) is 10.0 Å². The first-order chi connectivity index (χ1) is 10.1. The predicted octanol–water partition coefficient (Wildman–Crippen LogP) is 4.70. The molecule has 2 aromatic carbocycles. The second-order valence-electron chi connectivity index (χ2n) is 4.31. The molecule has 1 amide bonds. The second-order valence-corrected chi connectivity index (χ2v) is 6.29. The van der Waals surface area contributed by atoms with Gasteiger partial charge in [0.2, 0.25) is 5.91 Å². The van der Waals surface area contributed by atoms with Crippen LogP contribution >= 0.6 is 35.0 Å². The summed E-state index contributed by atoms with van der Waals surface area (Å²) < 4.78 is 0. The Labute approximate surface area is 137 Å². The number of nitrogen functional groups attached to an aromatic ring is 1. The third-order valence-corrected chi connectivity index (χ3v) is 4.45. The summed E-state index contributed by atoms with van der Waals surface area (Å²) in [6.45, 7) is 0. The van der Waals surface area contributed by atoms with Crippen molar-refractivity contribution >= 4 is 52.2 Å². The lowest BCUT2D eigenvalue weighted by Gasteiger charge is -2.08. The van der Waals surface area contributed by atoms with Gasteiger partial charge >= 0.3 is 0 Å². The smallest absolute Gasteiger partial charge is 0.225 e. The van der Waals surface area contributed by atoms with Crippen molar-refractivity contribution in [3.8, 4) is 0 Å². The Balaban J connectivity index is 1.85. The van der Waals surface area contributed by atoms with Crippen LogP contribution in [0.15, 0.2) is 47.4 Å². The molecule has 0 aliphatic heterocycles. The van der Waals surface area contributed by atoms with Crippen LogP contribution in [-0.4, -0.2) is 11.7 Å². The van der Waals surface area contributed by atoms with E-state index in [1.54, 1.807) is 30.3 Å². The number of hydrogen-bond donors (Lipinski definition) is 2. The summed E-state index contributed by atoms with van der Waals surface area (Å²) in [7, 11) is 0. The van der Waals surface area contributed by atoms with E-state index < -0.39 is 0 Å². The van der Waals surface area contributed by atoms with Crippen molar-refractivity contribution in [2.24, 2.45) is 0 Å². The van der Waals surface area contributed by atoms with Gasteiger partial charge in [0.1, 0.15) is 0 Å². The minimum Gasteiger partial charge on any atom is -0.397 e. The second kappa shape index (κ2) is 7.59. The van der Waals surface area contributed by atoms with Crippen molar-refractivity contribution in [3.63, 3.8) is 0 Å². The summed E-state index contributed by atoms with van der Waals surface area (Å²) >= 11 is 13.5. The Morgan fingerprint density at radius 3 is 2.71 bits per heavy atom. The van der Waals surface area contributed by atoms with Gasteiger partial charge in [-0.05, 0) is 30.3 Å². The van der Waals surface area contributed by atoms with Gasteiger partial charge in [-0.25, -0.2) is 0 Å². The van der Waals surface area contributed by atoms with Gasteiger partial charge in [-0.3, -0.25) is 4.79 Å². The van der Waals surface area contributed by atoms with Crippen LogP contribution in [0, 0.1) is 0 Å². The molecule has 3 N–H and O–H groups in total. The quantitative estimate of drug-likeness (QED) is 0.612. The minimum atomic E-state index is -0.0847. The highest BCUT2D eigenvalue weighted by Gasteiger charge is 2.07. The number of carbonyl (C=O) groups excluding carboxylic acids is 1. The highest BCUT2D eigenvalue weighted by atomic mass is 35.5. The van der Waals surface area contributed by atoms with E-state index >= 15 is 0 Å². The molecule has 0 aliphatic carbocycles. The summed E-state index contributed by atoms with van der Waals surface area (Å²) in [6.07, 6.45) is 0.363. The zero-order valence-electron chi connectivity index (χ0n) is 11.1. The first-order valence-electron chi connectivity index (χ1n) is 6.28. The number of benzene rings is 2. The summed E-state index contributed by atoms with van der Waals surface area (Å²) in [5, 5.41) is 4.05. The zero-order chi connectivity index (χ0) is 15.2. The van der Waals surface area contributed by atoms with Gasteiger partial charge in [0.05, 0.1) is 16.4 Å². The molecule has 0 saturated carbocycles. The van der Waals surface area contributed by atoms with Gasteiger partial charge in [-0.15, -0.1) is 11.8 Å². The first-order valence-corrected chi connectivity index (χ1v) is 8.02. The van der Waals surface area contributed by atoms with Crippen LogP contribution < -0.4 is 11.1 Å². The highest BCUT2D eigenvalue weighted by molar-refractivity contribution is 7.99. The van der Waals surface area contributed by atoms with Gasteiger partial charge in [-0.2, -0.15) is 0 Å². The van der Waals surface area contributed by atoms with Crippen LogP contribution in [0.5, 0.6) is 0 Å². The van der Waals surface area contributed by atoms with Gasteiger partial charge in [-0.1, -0.05) is 35.3 Å². The lowest BCUT2D eigenvalue weighted by atomic mass is 10.2. The fourth-order valence-electron chi connectivity index (χ4n) is 1.67. The molecule has 6 heteroatoms. The van der Waals surface area contributed by atoms with Gasteiger partial charge in [0, 0.05) is 22.1 Å². The van der Waals surface area contributed by atoms with Crippen molar-refractivity contribution in [2.45, 2.75) is 11.3 Å². The van der Waals surface area contributed by atoms with Crippen LogP contribution in [0.3, 0.4) is 0 Å². The third-order valence-electron chi connectivity index (χ3n) is 2.71. The third kappa shape index (κ3) is 4.84. The number of para-hydroxylation sites is 2. The summed E-state index contributed by atoms with van der Waals surface area (Å²) in [6, 6.07) is 12.4. The van der Waals surface area contributed by atoms with Gasteiger partial charge in [0.15, 0.2) is 0 Å². The molecule has 0 bridgehead atoms. The molecule has 2 aromatic rings. The lowest BCUT2D eigenvalue weighted by Crippen LogP contribution is -2.13. The number of nitrogens with two attached hydrogens (primary N) is 1. The predicted molar refractivity (Wildman–Crippen MR) is 91.3 cm³/mol. The van der Waals surface area contributed by atoms with E-state index in [1.807, 2.05) is 12.1 Å². The number of rotatable bonds is 5. The maximum absolute atomic E-state index is 11.9. The standard InChI is InChI=1S/C15H14Cl2N2OS/c16-10-5-6-11(17)14(9-10)21-8-7-15(20)19-13-4-2-1-3-12(13)18/h1-6,9H,7-8,18H2,(H,19,20). The van der Waals surface area contributed by atoms with E-state index in [2.05, 4.69) is 5.32 Å². The Morgan fingerprint density at radius 2 is 1.95 bits per heavy atom. The first kappa shape index (κ1) is 16.0. The van der Waals surface area contributed by atoms with Crippen molar-refractivity contribution in [2.75, 3.05) is 16.8 Å². The molecule has 0 atom stereocenters. The number of nitrogens with one attached hydrogen (secondary N) is 1. The molecule has 0 heterocycles. The van der Waals surface area contributed by atoms with Crippen LogP contribution in [0.25, 0.3) is 0 Å². The normalized spacial score (nSPS) is 10.4. The summed E-state index contributed by atoms with van der Waals surface area (Å²) in [5.74, 6) is 0.525. The van der Waals surface area contributed by atoms with Gasteiger partial charge < -0.3 is 11.1 Å². The fourth-order valence-corrected chi connectivity index (χ4v) is 3.11. The van der Waals surface area contributed by atoms with Crippen molar-refractivity contribution in [1.82, 2.24) is 0 Å². The number of halogens is 2. The Morgan fingerprint density at radius 1 is 1.19 bits per heavy atom. The zero-order valence-corrected chi connectivity index (χ0v) is 13.4. The minimum absolute atomic E-state index is 0.0847. The van der Waals surface area contributed by atoms with E-state index in [9.17, 15) is 4.79 Å². The molecule has 0 radical (unpaired) electrons. The SMILES string of the molecule is Nc1ccccc1NC(=O)CCSc1cc(Cl)ccc1Cl. The average Bonchev–Trinajstić information content (AvgIpc) is 2.45. The summed E-state index contributed by atoms with van der Waals surface area (Å²) in [4.78, 5) is 12.7. The lowest BCUT2D eigenvalue weighted by molar-refractivity contribution is -0.115. The van der Waals surface area contributed by atoms with Gasteiger partial charge in [0.25, 0.3) is 0 Å². The molecular formula is C15H14Cl2N2OS. The monoisotopic (exact) mass is 340 g/mol. The van der Waals surface area contributed by atoms with Crippen molar-refractivity contribution in [3.05, 3.63) is 52.5 Å². The number of thioether (sulfide) groups is 1. The van der Waals surface area contributed by atoms with Crippen molar-refractivity contribution < 1.29 is 4.79 Å². The van der Waals surface area contributed by atoms with E-state index in [1.165, 1.54) is 11.8 Å². The van der Waals surface area contributed by atoms with Crippen molar-refractivity contribution in [1.29, 1.82) is 0 Å². The highest BCUT2D eigenvalue weighted by Crippen LogP contribution is 2.30. The topological polar surface area (TPSA) is 55.1 Å². The molecular weight excluding hydrogens is 327 g/mol. The molecule has 0 fully saturated rings. The Bertz CT molecular complexity index is 649. The fraction of sp³-hybridized carbons (Fsp3) is 0.133. The largest absolute Gasteiger partial charge is 0.397 e. The van der Waals surface area contributed by atoms with Crippen LogP contribution in [0.4, 0.5) is 11.4 Å². The van der Waals surface area contributed by atoms with E-state index in [-0.39, 0.29) is 5.91 Å². The Hall–Kier alpha value is -1.36. The molecule has 0 saturated heterocycles. The van der Waals surface area contributed by atoms with Crippen LogP contribution in [0.1, 0.15) is 6.42 Å². The Kier molecular flexibility index (Phi) is 5.79. The molecule has 3 nitrogen and oxygen atoms in total. The van der Waals surface area contributed by atoms with E-state index in [4.69, 9.17) is 28.9 Å². The average molecular weight is 341 g/mol. The number of anilines is 2. The maximum Gasteiger partial charge on any atom is 0.225 e. The van der Waals surface area contributed by atoms with E-state index in [0.29, 0.717) is 33.6 Å². The number of amides is 1. The molecule has 2 rings (SSSR count).